The van der Waals surface area contributed by atoms with Crippen molar-refractivity contribution in [3.63, 3.8) is 0 Å². The lowest BCUT2D eigenvalue weighted by Crippen LogP contribution is -2.23. The molecule has 1 N–H and O–H groups in total. The maximum atomic E-state index is 3.99. The molecular formula is C6H10N4S. The van der Waals surface area contributed by atoms with Gasteiger partial charge in [-0.05, 0) is 25.1 Å². The van der Waals surface area contributed by atoms with Crippen molar-refractivity contribution in [2.45, 2.75) is 18.3 Å². The number of hydrogen-bond acceptors (Lipinski definition) is 5. The van der Waals surface area contributed by atoms with Gasteiger partial charge in [-0.15, -0.1) is 5.10 Å². The van der Waals surface area contributed by atoms with Crippen LogP contribution in [0.2, 0.25) is 0 Å². The van der Waals surface area contributed by atoms with Gasteiger partial charge in [-0.3, -0.25) is 0 Å². The Morgan fingerprint density at radius 1 is 1.64 bits per heavy atom. The minimum absolute atomic E-state index is 0.295. The zero-order chi connectivity index (χ0) is 7.73. The van der Waals surface area contributed by atoms with Gasteiger partial charge in [0, 0.05) is 23.5 Å². The molecule has 0 radical (unpaired) electrons. The molecule has 2 rings (SSSR count). The average Bonchev–Trinajstić information content (AvgIpc) is 2.63. The first-order valence-electron chi connectivity index (χ1n) is 3.67. The predicted octanol–water partition coefficient (Wildman–Crippen LogP) is 0.184. The van der Waals surface area contributed by atoms with Crippen molar-refractivity contribution in [2.24, 2.45) is 0 Å². The molecule has 0 aliphatic heterocycles. The Hall–Kier alpha value is -0.550. The summed E-state index contributed by atoms with van der Waals surface area (Å²) >= 11 is 1.42. The monoisotopic (exact) mass is 170 g/mol. The fraction of sp³-hybridized carbons (Fsp3) is 0.833. The van der Waals surface area contributed by atoms with E-state index in [2.05, 4.69) is 20.1 Å². The van der Waals surface area contributed by atoms with Crippen molar-refractivity contribution in [1.82, 2.24) is 20.1 Å². The van der Waals surface area contributed by atoms with E-state index in [0.717, 1.165) is 11.6 Å². The van der Waals surface area contributed by atoms with Crippen LogP contribution in [0.4, 0.5) is 0 Å². The Morgan fingerprint density at radius 3 is 2.91 bits per heavy atom. The molecule has 1 aliphatic carbocycles. The van der Waals surface area contributed by atoms with E-state index < -0.39 is 0 Å². The lowest BCUT2D eigenvalue weighted by atomic mass is 10.1. The summed E-state index contributed by atoms with van der Waals surface area (Å²) < 4.78 is 3.76. The number of nitrogens with zero attached hydrogens (tertiary/aromatic N) is 3. The molecule has 1 fully saturated rings. The molecule has 1 aromatic rings. The summed E-state index contributed by atoms with van der Waals surface area (Å²) in [6.07, 6.45) is 2.45. The minimum Gasteiger partial charge on any atom is -0.319 e. The summed E-state index contributed by atoms with van der Waals surface area (Å²) in [5.41, 5.74) is 0.295. The third kappa shape index (κ3) is 1.14. The van der Waals surface area contributed by atoms with Gasteiger partial charge in [0.05, 0.1) is 0 Å². The van der Waals surface area contributed by atoms with Gasteiger partial charge in [0.1, 0.15) is 5.01 Å². The van der Waals surface area contributed by atoms with Crippen LogP contribution in [0.25, 0.3) is 0 Å². The van der Waals surface area contributed by atoms with Crippen molar-refractivity contribution in [3.8, 4) is 0 Å². The highest BCUT2D eigenvalue weighted by Crippen LogP contribution is 2.47. The third-order valence-electron chi connectivity index (χ3n) is 2.12. The molecule has 0 bridgehead atoms. The molecule has 0 spiro atoms. The molecule has 0 atom stereocenters. The van der Waals surface area contributed by atoms with Crippen molar-refractivity contribution < 1.29 is 0 Å². The SMILES string of the molecule is CNCC1(c2nnns2)CC1. The van der Waals surface area contributed by atoms with Crippen LogP contribution in [0.3, 0.4) is 0 Å². The zero-order valence-electron chi connectivity index (χ0n) is 6.37. The number of likely N-dealkylation sites (N-methyl/N-ethyl adjacent to an activating group) is 1. The fourth-order valence-corrected chi connectivity index (χ4v) is 1.99. The summed E-state index contributed by atoms with van der Waals surface area (Å²) in [5.74, 6) is 0. The van der Waals surface area contributed by atoms with Gasteiger partial charge in [0.15, 0.2) is 0 Å². The van der Waals surface area contributed by atoms with Crippen molar-refractivity contribution in [2.75, 3.05) is 13.6 Å². The van der Waals surface area contributed by atoms with E-state index >= 15 is 0 Å². The van der Waals surface area contributed by atoms with Gasteiger partial charge in [0.2, 0.25) is 0 Å². The Morgan fingerprint density at radius 2 is 2.45 bits per heavy atom. The molecule has 4 nitrogen and oxygen atoms in total. The van der Waals surface area contributed by atoms with Crippen molar-refractivity contribution in [3.05, 3.63) is 5.01 Å². The summed E-state index contributed by atoms with van der Waals surface area (Å²) in [7, 11) is 1.97. The Labute approximate surface area is 69.2 Å². The molecule has 0 aromatic carbocycles. The van der Waals surface area contributed by atoms with Gasteiger partial charge >= 0.3 is 0 Å². The highest BCUT2D eigenvalue weighted by atomic mass is 32.1. The Bertz CT molecular complexity index is 229. The first kappa shape index (κ1) is 7.12. The first-order valence-corrected chi connectivity index (χ1v) is 4.45. The summed E-state index contributed by atoms with van der Waals surface area (Å²) in [6, 6.07) is 0. The van der Waals surface area contributed by atoms with Crippen molar-refractivity contribution >= 4 is 11.5 Å². The first-order chi connectivity index (χ1) is 5.37. The van der Waals surface area contributed by atoms with E-state index in [1.165, 1.54) is 24.4 Å². The minimum atomic E-state index is 0.295. The third-order valence-corrected chi connectivity index (χ3v) is 2.96. The van der Waals surface area contributed by atoms with E-state index in [-0.39, 0.29) is 0 Å². The molecule has 0 amide bonds. The molecule has 5 heteroatoms. The van der Waals surface area contributed by atoms with E-state index in [9.17, 15) is 0 Å². The predicted molar refractivity (Wildman–Crippen MR) is 42.5 cm³/mol. The molecular weight excluding hydrogens is 160 g/mol. The van der Waals surface area contributed by atoms with Gasteiger partial charge < -0.3 is 5.32 Å². The van der Waals surface area contributed by atoms with Crippen LogP contribution in [0.5, 0.6) is 0 Å². The Kier molecular flexibility index (Phi) is 1.61. The molecule has 0 saturated heterocycles. The fourth-order valence-electron chi connectivity index (χ4n) is 1.29. The maximum Gasteiger partial charge on any atom is 0.145 e. The summed E-state index contributed by atoms with van der Waals surface area (Å²) in [5, 5.41) is 11.8. The molecule has 1 heterocycles. The number of rotatable bonds is 3. The summed E-state index contributed by atoms with van der Waals surface area (Å²) in [6.45, 7) is 1.00. The van der Waals surface area contributed by atoms with Crippen LogP contribution in [0, 0.1) is 0 Å². The van der Waals surface area contributed by atoms with E-state index in [4.69, 9.17) is 0 Å². The molecule has 11 heavy (non-hydrogen) atoms. The van der Waals surface area contributed by atoms with Crippen LogP contribution < -0.4 is 5.32 Å². The second-order valence-corrected chi connectivity index (χ2v) is 3.71. The molecule has 0 unspecified atom stereocenters. The van der Waals surface area contributed by atoms with Gasteiger partial charge in [-0.25, -0.2) is 0 Å². The maximum absolute atomic E-state index is 3.99. The normalized spacial score (nSPS) is 20.1. The van der Waals surface area contributed by atoms with Crippen LogP contribution in [0.15, 0.2) is 0 Å². The zero-order valence-corrected chi connectivity index (χ0v) is 7.19. The van der Waals surface area contributed by atoms with Gasteiger partial charge in [-0.2, -0.15) is 0 Å². The van der Waals surface area contributed by atoms with Crippen molar-refractivity contribution in [1.29, 1.82) is 0 Å². The smallest absolute Gasteiger partial charge is 0.145 e. The van der Waals surface area contributed by atoms with E-state index in [1.807, 2.05) is 7.05 Å². The van der Waals surface area contributed by atoms with Gasteiger partial charge in [-0.1, -0.05) is 4.49 Å². The number of nitrogens with one attached hydrogen (secondary N) is 1. The van der Waals surface area contributed by atoms with Crippen LogP contribution >= 0.6 is 11.5 Å². The number of hydrogen-bond donors (Lipinski definition) is 1. The van der Waals surface area contributed by atoms with Crippen LogP contribution in [-0.2, 0) is 5.41 Å². The molecule has 1 saturated carbocycles. The molecule has 1 aliphatic rings. The summed E-state index contributed by atoms with van der Waals surface area (Å²) in [4.78, 5) is 0. The topological polar surface area (TPSA) is 50.7 Å². The second-order valence-electron chi connectivity index (χ2n) is 2.98. The van der Waals surface area contributed by atoms with Crippen LogP contribution in [-0.4, -0.2) is 28.4 Å². The largest absolute Gasteiger partial charge is 0.319 e. The quantitative estimate of drug-likeness (QED) is 0.703. The second kappa shape index (κ2) is 2.49. The lowest BCUT2D eigenvalue weighted by molar-refractivity contribution is 0.613. The standard InChI is InChI=1S/C6H10N4S/c1-7-4-6(2-3-6)5-8-9-10-11-5/h7H,2-4H2,1H3. The average molecular weight is 170 g/mol. The Balaban J connectivity index is 2.15. The lowest BCUT2D eigenvalue weighted by Gasteiger charge is -2.07. The van der Waals surface area contributed by atoms with Crippen LogP contribution in [0.1, 0.15) is 17.8 Å². The molecule has 1 aromatic heterocycles. The van der Waals surface area contributed by atoms with E-state index in [1.54, 1.807) is 0 Å². The highest BCUT2D eigenvalue weighted by molar-refractivity contribution is 7.05. The molecule has 60 valence electrons. The highest BCUT2D eigenvalue weighted by Gasteiger charge is 2.46. The van der Waals surface area contributed by atoms with Gasteiger partial charge in [0.25, 0.3) is 0 Å². The number of aromatic nitrogens is 3. The van der Waals surface area contributed by atoms with E-state index in [0.29, 0.717) is 5.41 Å².